The van der Waals surface area contributed by atoms with Gasteiger partial charge in [-0.1, -0.05) is 0 Å². The smallest absolute Gasteiger partial charge is 0.411 e. The first-order valence-electron chi connectivity index (χ1n) is 6.42. The summed E-state index contributed by atoms with van der Waals surface area (Å²) in [5.74, 6) is -0.606. The van der Waals surface area contributed by atoms with Crippen LogP contribution in [0.3, 0.4) is 0 Å². The lowest BCUT2D eigenvalue weighted by Gasteiger charge is -2.38. The van der Waals surface area contributed by atoms with Gasteiger partial charge in [0.15, 0.2) is 5.54 Å². The Labute approximate surface area is 113 Å². The molecule has 0 radical (unpaired) electrons. The topological polar surface area (TPSA) is 76.1 Å². The number of aliphatic hydroxyl groups excluding tert-OH is 1. The molecule has 2 atom stereocenters. The van der Waals surface area contributed by atoms with Crippen LogP contribution < -0.4 is 0 Å². The maximum atomic E-state index is 12.2. The molecule has 6 nitrogen and oxygen atoms in total. The van der Waals surface area contributed by atoms with Crippen LogP contribution in [-0.4, -0.2) is 53.0 Å². The van der Waals surface area contributed by atoms with Gasteiger partial charge in [0, 0.05) is 6.54 Å². The van der Waals surface area contributed by atoms with E-state index in [4.69, 9.17) is 9.47 Å². The van der Waals surface area contributed by atoms with Crippen molar-refractivity contribution in [3.05, 3.63) is 0 Å². The van der Waals surface area contributed by atoms with Crippen LogP contribution in [0, 0.1) is 0 Å². The van der Waals surface area contributed by atoms with Gasteiger partial charge >= 0.3 is 12.1 Å². The molecule has 1 rings (SSSR count). The summed E-state index contributed by atoms with van der Waals surface area (Å²) in [5, 5.41) is 9.97. The number of amides is 1. The summed E-state index contributed by atoms with van der Waals surface area (Å²) in [6.07, 6.45) is -0.623. The molecular formula is C13H23NO5. The third kappa shape index (κ3) is 3.00. The number of carbonyl (C=O) groups is 2. The quantitative estimate of drug-likeness (QED) is 0.768. The lowest BCUT2D eigenvalue weighted by Crippen LogP contribution is -2.60. The molecule has 0 saturated carbocycles. The first-order valence-corrected chi connectivity index (χ1v) is 6.42. The Kier molecular flexibility index (Phi) is 4.45. The Morgan fingerprint density at radius 2 is 1.95 bits per heavy atom. The number of ether oxygens (including phenoxy) is 2. The number of likely N-dealkylation sites (tertiary alicyclic amines) is 1. The third-order valence-corrected chi connectivity index (χ3v) is 3.27. The molecule has 1 saturated heterocycles. The van der Waals surface area contributed by atoms with Crippen LogP contribution in [0.15, 0.2) is 0 Å². The van der Waals surface area contributed by atoms with Crippen molar-refractivity contribution in [2.45, 2.75) is 57.8 Å². The van der Waals surface area contributed by atoms with Crippen LogP contribution in [0.4, 0.5) is 4.79 Å². The van der Waals surface area contributed by atoms with Crippen molar-refractivity contribution in [2.24, 2.45) is 0 Å². The summed E-state index contributed by atoms with van der Waals surface area (Å²) in [6.45, 7) is 7.12. The summed E-state index contributed by atoms with van der Waals surface area (Å²) < 4.78 is 10.1. The molecule has 6 heteroatoms. The van der Waals surface area contributed by atoms with E-state index >= 15 is 0 Å². The van der Waals surface area contributed by atoms with Gasteiger partial charge in [-0.25, -0.2) is 9.59 Å². The van der Waals surface area contributed by atoms with Gasteiger partial charge in [-0.05, 0) is 40.5 Å². The second kappa shape index (κ2) is 5.36. The summed E-state index contributed by atoms with van der Waals surface area (Å²) in [7, 11) is 1.25. The van der Waals surface area contributed by atoms with Crippen LogP contribution in [0.25, 0.3) is 0 Å². The highest BCUT2D eigenvalue weighted by molar-refractivity contribution is 5.87. The molecule has 0 aliphatic carbocycles. The molecule has 0 bridgehead atoms. The van der Waals surface area contributed by atoms with E-state index in [9.17, 15) is 14.7 Å². The first-order chi connectivity index (χ1) is 8.65. The maximum Gasteiger partial charge on any atom is 0.411 e. The lowest BCUT2D eigenvalue weighted by molar-refractivity contribution is -0.160. The van der Waals surface area contributed by atoms with Crippen LogP contribution in [0.2, 0.25) is 0 Å². The Hall–Kier alpha value is -1.30. The van der Waals surface area contributed by atoms with Crippen molar-refractivity contribution in [1.82, 2.24) is 4.90 Å². The Morgan fingerprint density at radius 1 is 1.37 bits per heavy atom. The maximum absolute atomic E-state index is 12.2. The fourth-order valence-corrected chi connectivity index (χ4v) is 2.41. The molecule has 1 N–H and O–H groups in total. The molecule has 0 aromatic heterocycles. The van der Waals surface area contributed by atoms with Gasteiger partial charge in [0.1, 0.15) is 5.60 Å². The molecule has 1 fully saturated rings. The second-order valence-corrected chi connectivity index (χ2v) is 5.83. The molecule has 1 aliphatic heterocycles. The monoisotopic (exact) mass is 273 g/mol. The van der Waals surface area contributed by atoms with Gasteiger partial charge in [0.25, 0.3) is 0 Å². The highest BCUT2D eigenvalue weighted by atomic mass is 16.6. The van der Waals surface area contributed by atoms with Crippen LogP contribution in [0.5, 0.6) is 0 Å². The summed E-state index contributed by atoms with van der Waals surface area (Å²) in [6, 6.07) is 0. The van der Waals surface area contributed by atoms with Crippen LogP contribution >= 0.6 is 0 Å². The molecule has 1 amide bonds. The highest BCUT2D eigenvalue weighted by Gasteiger charge is 2.55. The van der Waals surface area contributed by atoms with Gasteiger partial charge in [0.2, 0.25) is 0 Å². The zero-order valence-corrected chi connectivity index (χ0v) is 12.2. The number of methoxy groups -OCH3 is 1. The minimum atomic E-state index is -1.34. The molecule has 1 aliphatic rings. The van der Waals surface area contributed by atoms with Crippen LogP contribution in [-0.2, 0) is 14.3 Å². The average molecular weight is 273 g/mol. The molecule has 0 aromatic rings. The van der Waals surface area contributed by atoms with Crippen molar-refractivity contribution < 1.29 is 24.2 Å². The Morgan fingerprint density at radius 3 is 2.37 bits per heavy atom. The Balaban J connectivity index is 3.04. The van der Waals surface area contributed by atoms with Crippen molar-refractivity contribution in [3.63, 3.8) is 0 Å². The predicted octanol–water partition coefficient (Wildman–Crippen LogP) is 1.31. The third-order valence-electron chi connectivity index (χ3n) is 3.27. The fraction of sp³-hybridized carbons (Fsp3) is 0.846. The normalized spacial score (nSPS) is 25.1. The van der Waals surface area contributed by atoms with Gasteiger partial charge < -0.3 is 14.6 Å². The molecule has 0 aromatic carbocycles. The van der Waals surface area contributed by atoms with Gasteiger partial charge in [-0.3, -0.25) is 4.90 Å². The number of rotatable bonds is 2. The van der Waals surface area contributed by atoms with E-state index in [2.05, 4.69) is 0 Å². The van der Waals surface area contributed by atoms with E-state index in [0.717, 1.165) is 0 Å². The average Bonchev–Trinajstić information content (AvgIpc) is 2.71. The number of nitrogens with zero attached hydrogens (tertiary/aromatic N) is 1. The molecular weight excluding hydrogens is 250 g/mol. The van der Waals surface area contributed by atoms with Crippen molar-refractivity contribution in [1.29, 1.82) is 0 Å². The van der Waals surface area contributed by atoms with E-state index in [1.54, 1.807) is 20.8 Å². The van der Waals surface area contributed by atoms with E-state index in [1.807, 2.05) is 0 Å². The second-order valence-electron chi connectivity index (χ2n) is 5.83. The molecule has 19 heavy (non-hydrogen) atoms. The molecule has 1 heterocycles. The minimum Gasteiger partial charge on any atom is -0.467 e. The summed E-state index contributed by atoms with van der Waals surface area (Å²) >= 11 is 0. The van der Waals surface area contributed by atoms with Gasteiger partial charge in [0.05, 0.1) is 13.2 Å². The number of hydrogen-bond acceptors (Lipinski definition) is 5. The lowest BCUT2D eigenvalue weighted by atomic mass is 9.90. The van der Waals surface area contributed by atoms with E-state index in [-0.39, 0.29) is 0 Å². The number of esters is 1. The van der Waals surface area contributed by atoms with E-state index < -0.39 is 29.3 Å². The van der Waals surface area contributed by atoms with Crippen molar-refractivity contribution >= 4 is 12.1 Å². The van der Waals surface area contributed by atoms with E-state index in [0.29, 0.717) is 19.4 Å². The number of hydrogen-bond donors (Lipinski definition) is 1. The minimum absolute atomic E-state index is 0.370. The molecule has 0 spiro atoms. The van der Waals surface area contributed by atoms with Crippen molar-refractivity contribution in [3.8, 4) is 0 Å². The predicted molar refractivity (Wildman–Crippen MR) is 68.6 cm³/mol. The number of carbonyl (C=O) groups excluding carboxylic acids is 2. The number of aliphatic hydroxyl groups is 1. The standard InChI is InChI=1S/C13H23NO5/c1-9(15)13(10(16)18-5)7-6-8-14(13)11(17)19-12(2,3)4/h9,15H,6-8H2,1-5H3/t9?,13-/m1/s1. The van der Waals surface area contributed by atoms with Gasteiger partial charge in [-0.2, -0.15) is 0 Å². The van der Waals surface area contributed by atoms with Crippen LogP contribution in [0.1, 0.15) is 40.5 Å². The largest absolute Gasteiger partial charge is 0.467 e. The molecule has 110 valence electrons. The zero-order chi connectivity index (χ0) is 14.8. The SMILES string of the molecule is COC(=O)[C@]1(C(C)O)CCCN1C(=O)OC(C)(C)C. The van der Waals surface area contributed by atoms with Gasteiger partial charge in [-0.15, -0.1) is 0 Å². The summed E-state index contributed by atoms with van der Waals surface area (Å²) in [5.41, 5.74) is -1.99. The molecule has 1 unspecified atom stereocenters. The zero-order valence-electron chi connectivity index (χ0n) is 12.2. The van der Waals surface area contributed by atoms with Crippen molar-refractivity contribution in [2.75, 3.05) is 13.7 Å². The highest BCUT2D eigenvalue weighted by Crippen LogP contribution is 2.35. The summed E-state index contributed by atoms with van der Waals surface area (Å²) in [4.78, 5) is 25.5. The first kappa shape index (κ1) is 15.8. The Bertz CT molecular complexity index is 361. The van der Waals surface area contributed by atoms with E-state index in [1.165, 1.54) is 18.9 Å². The fourth-order valence-electron chi connectivity index (χ4n) is 2.41.